The van der Waals surface area contributed by atoms with E-state index in [0.717, 1.165) is 0 Å². The van der Waals surface area contributed by atoms with Crippen molar-refractivity contribution in [2.75, 3.05) is 13.1 Å². The molecule has 2 atom stereocenters. The first-order valence-corrected chi connectivity index (χ1v) is 5.59. The molecule has 0 aromatic carbocycles. The number of nitro groups is 1. The van der Waals surface area contributed by atoms with Gasteiger partial charge >= 0.3 is 0 Å². The topological polar surface area (TPSA) is 95.3 Å². The van der Waals surface area contributed by atoms with Gasteiger partial charge in [0, 0.05) is 24.2 Å². The Hall–Kier alpha value is -1.47. The van der Waals surface area contributed by atoms with Crippen LogP contribution in [0.25, 0.3) is 0 Å². The molecule has 7 nitrogen and oxygen atoms in total. The molecule has 17 heavy (non-hydrogen) atoms. The number of hydrogen-bond acceptors (Lipinski definition) is 5. The summed E-state index contributed by atoms with van der Waals surface area (Å²) in [6, 6.07) is -1.17. The van der Waals surface area contributed by atoms with Gasteiger partial charge in [0.1, 0.15) is 0 Å². The van der Waals surface area contributed by atoms with Crippen LogP contribution in [0.4, 0.5) is 0 Å². The average Bonchev–Trinajstić information content (AvgIpc) is 2.82. The number of aliphatic hydroxyl groups is 1. The molecule has 2 N–H and O–H groups in total. The zero-order valence-corrected chi connectivity index (χ0v) is 10.3. The molecule has 0 aliphatic heterocycles. The quantitative estimate of drug-likeness (QED) is 0.432. The van der Waals surface area contributed by atoms with Crippen LogP contribution in [-0.2, 0) is 5.72 Å². The van der Waals surface area contributed by atoms with Crippen molar-refractivity contribution >= 4 is 0 Å². The van der Waals surface area contributed by atoms with E-state index in [1.807, 2.05) is 13.8 Å². The Kier molecular flexibility index (Phi) is 4.19. The second-order valence-electron chi connectivity index (χ2n) is 3.80. The van der Waals surface area contributed by atoms with Crippen LogP contribution in [0.1, 0.15) is 26.6 Å². The monoisotopic (exact) mass is 242 g/mol. The highest BCUT2D eigenvalue weighted by atomic mass is 16.6. The fraction of sp³-hybridized carbons (Fsp3) is 0.700. The van der Waals surface area contributed by atoms with E-state index >= 15 is 0 Å². The van der Waals surface area contributed by atoms with Crippen molar-refractivity contribution in [2.45, 2.75) is 32.5 Å². The first-order chi connectivity index (χ1) is 7.98. The summed E-state index contributed by atoms with van der Waals surface area (Å²) >= 11 is 0. The third-order valence-corrected chi connectivity index (χ3v) is 2.99. The van der Waals surface area contributed by atoms with Crippen molar-refractivity contribution in [1.82, 2.24) is 14.9 Å². The minimum Gasteiger partial charge on any atom is -0.363 e. The Morgan fingerprint density at radius 1 is 1.65 bits per heavy atom. The number of rotatable bonds is 6. The minimum atomic E-state index is -1.71. The van der Waals surface area contributed by atoms with Crippen LogP contribution in [0.2, 0.25) is 0 Å². The first-order valence-electron chi connectivity index (χ1n) is 5.59. The number of aromatic nitrogens is 2. The van der Waals surface area contributed by atoms with E-state index < -0.39 is 16.7 Å². The van der Waals surface area contributed by atoms with Gasteiger partial charge in [-0.15, -0.1) is 0 Å². The largest absolute Gasteiger partial charge is 0.363 e. The van der Waals surface area contributed by atoms with Crippen LogP contribution >= 0.6 is 0 Å². The third kappa shape index (κ3) is 2.29. The van der Waals surface area contributed by atoms with Gasteiger partial charge in [0.05, 0.1) is 0 Å². The maximum atomic E-state index is 11.0. The Labute approximate surface area is 99.6 Å². The lowest BCUT2D eigenvalue weighted by Crippen LogP contribution is -2.56. The van der Waals surface area contributed by atoms with Gasteiger partial charge in [0.15, 0.2) is 5.82 Å². The van der Waals surface area contributed by atoms with Crippen molar-refractivity contribution in [3.05, 3.63) is 28.3 Å². The number of nitrogens with zero attached hydrogens (tertiary/aromatic N) is 3. The van der Waals surface area contributed by atoms with Gasteiger partial charge in [-0.25, -0.2) is 4.98 Å². The van der Waals surface area contributed by atoms with Gasteiger partial charge in [-0.2, -0.15) is 0 Å². The second kappa shape index (κ2) is 5.24. The summed E-state index contributed by atoms with van der Waals surface area (Å²) in [4.78, 5) is 18.8. The molecule has 1 heterocycles. The van der Waals surface area contributed by atoms with Crippen molar-refractivity contribution in [1.29, 1.82) is 0 Å². The zero-order valence-electron chi connectivity index (χ0n) is 10.3. The summed E-state index contributed by atoms with van der Waals surface area (Å²) in [6.45, 7) is 6.03. The molecule has 2 unspecified atom stereocenters. The SMILES string of the molecule is CCN(CC)C(O)(c1ncc[nH]1)C(C)[N+](=O)[O-]. The smallest absolute Gasteiger partial charge is 0.259 e. The van der Waals surface area contributed by atoms with E-state index in [1.165, 1.54) is 19.3 Å². The Balaban J connectivity index is 3.21. The third-order valence-electron chi connectivity index (χ3n) is 2.99. The van der Waals surface area contributed by atoms with Gasteiger partial charge in [0.2, 0.25) is 5.72 Å². The highest BCUT2D eigenvalue weighted by Crippen LogP contribution is 2.28. The first kappa shape index (κ1) is 13.6. The van der Waals surface area contributed by atoms with E-state index in [0.29, 0.717) is 13.1 Å². The van der Waals surface area contributed by atoms with Crippen LogP contribution in [0.5, 0.6) is 0 Å². The van der Waals surface area contributed by atoms with Crippen molar-refractivity contribution < 1.29 is 10.0 Å². The lowest BCUT2D eigenvalue weighted by Gasteiger charge is -2.36. The van der Waals surface area contributed by atoms with Crippen LogP contribution in [0.3, 0.4) is 0 Å². The Morgan fingerprint density at radius 2 is 2.24 bits per heavy atom. The van der Waals surface area contributed by atoms with E-state index in [1.54, 1.807) is 4.90 Å². The molecule has 0 aliphatic rings. The fourth-order valence-electron chi connectivity index (χ4n) is 1.93. The number of aromatic amines is 1. The lowest BCUT2D eigenvalue weighted by atomic mass is 10.0. The molecule has 0 spiro atoms. The van der Waals surface area contributed by atoms with Crippen LogP contribution in [0, 0.1) is 10.1 Å². The summed E-state index contributed by atoms with van der Waals surface area (Å²) in [5.41, 5.74) is -1.71. The molecule has 1 aromatic heterocycles. The summed E-state index contributed by atoms with van der Waals surface area (Å²) < 4.78 is 0. The second-order valence-corrected chi connectivity index (χ2v) is 3.80. The average molecular weight is 242 g/mol. The van der Waals surface area contributed by atoms with E-state index in [9.17, 15) is 15.2 Å². The number of hydrogen-bond donors (Lipinski definition) is 2. The minimum absolute atomic E-state index is 0.199. The number of imidazole rings is 1. The summed E-state index contributed by atoms with van der Waals surface area (Å²) in [5, 5.41) is 21.6. The van der Waals surface area contributed by atoms with Crippen LogP contribution in [-0.4, -0.2) is 44.0 Å². The molecule has 1 aromatic rings. The van der Waals surface area contributed by atoms with E-state index in [-0.39, 0.29) is 5.82 Å². The molecule has 1 rings (SSSR count). The fourth-order valence-corrected chi connectivity index (χ4v) is 1.93. The van der Waals surface area contributed by atoms with Crippen molar-refractivity contribution in [2.24, 2.45) is 0 Å². The van der Waals surface area contributed by atoms with Gasteiger partial charge in [0.25, 0.3) is 6.04 Å². The van der Waals surface area contributed by atoms with Gasteiger partial charge in [-0.1, -0.05) is 13.8 Å². The Bertz CT molecular complexity index is 364. The standard InChI is InChI=1S/C10H18N4O3/c1-4-13(5-2)10(15,8(3)14(16)17)9-11-6-7-12-9/h6-8,15H,4-5H2,1-3H3,(H,11,12). The summed E-state index contributed by atoms with van der Waals surface area (Å²) in [7, 11) is 0. The van der Waals surface area contributed by atoms with Crippen molar-refractivity contribution in [3.63, 3.8) is 0 Å². The maximum absolute atomic E-state index is 11.0. The zero-order chi connectivity index (χ0) is 13.1. The molecule has 7 heteroatoms. The molecule has 0 amide bonds. The number of H-pyrrole nitrogens is 1. The molecule has 0 saturated heterocycles. The predicted octanol–water partition coefficient (Wildman–Crippen LogP) is 0.562. The van der Waals surface area contributed by atoms with Gasteiger partial charge < -0.3 is 10.1 Å². The van der Waals surface area contributed by atoms with Gasteiger partial charge in [-0.3, -0.25) is 15.0 Å². The molecular weight excluding hydrogens is 224 g/mol. The normalized spacial score (nSPS) is 16.8. The Morgan fingerprint density at radius 3 is 2.59 bits per heavy atom. The number of likely N-dealkylation sites (N-methyl/N-ethyl adjacent to an activating group) is 1. The molecule has 0 fully saturated rings. The molecule has 96 valence electrons. The molecule has 0 aliphatic carbocycles. The van der Waals surface area contributed by atoms with E-state index in [4.69, 9.17) is 0 Å². The predicted molar refractivity (Wildman–Crippen MR) is 61.9 cm³/mol. The maximum Gasteiger partial charge on any atom is 0.259 e. The van der Waals surface area contributed by atoms with Crippen molar-refractivity contribution in [3.8, 4) is 0 Å². The molecular formula is C10H18N4O3. The van der Waals surface area contributed by atoms with Crippen LogP contribution < -0.4 is 0 Å². The lowest BCUT2D eigenvalue weighted by molar-refractivity contribution is -0.554. The highest BCUT2D eigenvalue weighted by molar-refractivity contribution is 5.04. The van der Waals surface area contributed by atoms with E-state index in [2.05, 4.69) is 9.97 Å². The molecule has 0 bridgehead atoms. The van der Waals surface area contributed by atoms with Crippen LogP contribution in [0.15, 0.2) is 12.4 Å². The molecule has 0 radical (unpaired) electrons. The summed E-state index contributed by atoms with van der Waals surface area (Å²) in [6.07, 6.45) is 3.01. The summed E-state index contributed by atoms with van der Waals surface area (Å²) in [5.74, 6) is 0.199. The highest BCUT2D eigenvalue weighted by Gasteiger charge is 2.49. The molecule has 0 saturated carbocycles. The number of nitrogens with one attached hydrogen (secondary N) is 1. The van der Waals surface area contributed by atoms with Gasteiger partial charge in [-0.05, 0) is 13.1 Å².